The summed E-state index contributed by atoms with van der Waals surface area (Å²) in [5, 5.41) is 0. The highest BCUT2D eigenvalue weighted by Crippen LogP contribution is 2.27. The van der Waals surface area contributed by atoms with Crippen LogP contribution >= 0.6 is 0 Å². The number of nitrogens with zero attached hydrogens (tertiary/aromatic N) is 2. The highest BCUT2D eigenvalue weighted by molar-refractivity contribution is 5.28. The van der Waals surface area contributed by atoms with Crippen molar-refractivity contribution in [2.75, 3.05) is 26.7 Å². The maximum absolute atomic E-state index is 13.1. The first kappa shape index (κ1) is 20.5. The van der Waals surface area contributed by atoms with E-state index >= 15 is 0 Å². The molecule has 0 spiro atoms. The van der Waals surface area contributed by atoms with Gasteiger partial charge in [-0.25, -0.2) is 4.39 Å². The standard InChI is InChI=1S/C26H29FN2O/c1-30-25-9-4-20(5-10-25)12-15-29-16-13-23(14-17-29)26-11-6-22(19-28-26)18-21-2-7-24(27)8-3-21/h2-11,19,23H,12-18H2,1H3. The van der Waals surface area contributed by atoms with Crippen molar-refractivity contribution in [1.82, 2.24) is 9.88 Å². The summed E-state index contributed by atoms with van der Waals surface area (Å²) in [4.78, 5) is 7.31. The van der Waals surface area contributed by atoms with Gasteiger partial charge < -0.3 is 9.64 Å². The average molecular weight is 405 g/mol. The van der Waals surface area contributed by atoms with E-state index < -0.39 is 0 Å². The maximum Gasteiger partial charge on any atom is 0.123 e. The summed E-state index contributed by atoms with van der Waals surface area (Å²) in [5.41, 5.74) is 4.84. The molecule has 156 valence electrons. The molecule has 0 bridgehead atoms. The molecule has 0 amide bonds. The number of hydrogen-bond donors (Lipinski definition) is 0. The third kappa shape index (κ3) is 5.45. The van der Waals surface area contributed by atoms with Gasteiger partial charge in [0.2, 0.25) is 0 Å². The van der Waals surface area contributed by atoms with Crippen LogP contribution in [0.5, 0.6) is 5.75 Å². The molecule has 30 heavy (non-hydrogen) atoms. The minimum Gasteiger partial charge on any atom is -0.497 e. The molecule has 0 saturated carbocycles. The van der Waals surface area contributed by atoms with Crippen molar-refractivity contribution in [2.45, 2.75) is 31.6 Å². The zero-order valence-electron chi connectivity index (χ0n) is 17.6. The first-order valence-electron chi connectivity index (χ1n) is 10.7. The Morgan fingerprint density at radius 3 is 2.20 bits per heavy atom. The number of piperidine rings is 1. The Morgan fingerprint density at radius 1 is 0.900 bits per heavy atom. The molecule has 1 aromatic heterocycles. The number of benzene rings is 2. The Labute approximate surface area is 178 Å². The monoisotopic (exact) mass is 404 g/mol. The number of hydrogen-bond acceptors (Lipinski definition) is 3. The Kier molecular flexibility index (Phi) is 6.75. The van der Waals surface area contributed by atoms with Crippen molar-refractivity contribution >= 4 is 0 Å². The first-order valence-corrected chi connectivity index (χ1v) is 10.7. The Bertz CT molecular complexity index is 915. The molecule has 1 aliphatic heterocycles. The van der Waals surface area contributed by atoms with Gasteiger partial charge in [0.05, 0.1) is 7.11 Å². The Hall–Kier alpha value is -2.72. The van der Waals surface area contributed by atoms with E-state index in [2.05, 4.69) is 29.2 Å². The van der Waals surface area contributed by atoms with Crippen LogP contribution in [0.15, 0.2) is 66.9 Å². The van der Waals surface area contributed by atoms with Gasteiger partial charge in [-0.3, -0.25) is 4.98 Å². The van der Waals surface area contributed by atoms with Gasteiger partial charge in [-0.1, -0.05) is 30.3 Å². The highest BCUT2D eigenvalue weighted by Gasteiger charge is 2.21. The first-order chi connectivity index (χ1) is 14.7. The van der Waals surface area contributed by atoms with Gasteiger partial charge in [-0.2, -0.15) is 0 Å². The number of rotatable bonds is 7. The second-order valence-electron chi connectivity index (χ2n) is 8.11. The predicted molar refractivity (Wildman–Crippen MR) is 119 cm³/mol. The number of likely N-dealkylation sites (tertiary alicyclic amines) is 1. The topological polar surface area (TPSA) is 25.4 Å². The number of methoxy groups -OCH3 is 1. The average Bonchev–Trinajstić information content (AvgIpc) is 2.80. The van der Waals surface area contributed by atoms with Gasteiger partial charge in [0.25, 0.3) is 0 Å². The van der Waals surface area contributed by atoms with E-state index in [0.29, 0.717) is 5.92 Å². The second kappa shape index (κ2) is 9.86. The van der Waals surface area contributed by atoms with E-state index in [1.807, 2.05) is 30.5 Å². The molecular formula is C26H29FN2O. The van der Waals surface area contributed by atoms with Crippen LogP contribution in [0.2, 0.25) is 0 Å². The lowest BCUT2D eigenvalue weighted by Gasteiger charge is -2.31. The summed E-state index contributed by atoms with van der Waals surface area (Å²) in [7, 11) is 1.70. The van der Waals surface area contributed by atoms with Crippen molar-refractivity contribution in [3.8, 4) is 5.75 Å². The zero-order chi connectivity index (χ0) is 20.8. The van der Waals surface area contributed by atoms with Crippen molar-refractivity contribution < 1.29 is 9.13 Å². The lowest BCUT2D eigenvalue weighted by Crippen LogP contribution is -2.34. The van der Waals surface area contributed by atoms with Crippen molar-refractivity contribution in [3.63, 3.8) is 0 Å². The van der Waals surface area contributed by atoms with E-state index in [-0.39, 0.29) is 5.82 Å². The molecule has 0 radical (unpaired) electrons. The molecule has 2 heterocycles. The molecule has 0 unspecified atom stereocenters. The van der Waals surface area contributed by atoms with Gasteiger partial charge in [0.15, 0.2) is 0 Å². The van der Waals surface area contributed by atoms with Crippen LogP contribution in [0.25, 0.3) is 0 Å². The lowest BCUT2D eigenvalue weighted by molar-refractivity contribution is 0.213. The molecule has 4 rings (SSSR count). The SMILES string of the molecule is COc1ccc(CCN2CCC(c3ccc(Cc4ccc(F)cc4)cn3)CC2)cc1. The van der Waals surface area contributed by atoms with E-state index in [4.69, 9.17) is 9.72 Å². The van der Waals surface area contributed by atoms with Gasteiger partial charge in [0, 0.05) is 24.4 Å². The number of pyridine rings is 1. The summed E-state index contributed by atoms with van der Waals surface area (Å²) < 4.78 is 18.3. The maximum atomic E-state index is 13.1. The van der Waals surface area contributed by atoms with Crippen LogP contribution in [0, 0.1) is 5.82 Å². The minimum absolute atomic E-state index is 0.192. The lowest BCUT2D eigenvalue weighted by atomic mass is 9.92. The van der Waals surface area contributed by atoms with Crippen LogP contribution in [-0.4, -0.2) is 36.6 Å². The van der Waals surface area contributed by atoms with E-state index in [1.165, 1.54) is 29.0 Å². The molecule has 0 atom stereocenters. The van der Waals surface area contributed by atoms with Gasteiger partial charge in [-0.05, 0) is 85.8 Å². The Morgan fingerprint density at radius 2 is 1.57 bits per heavy atom. The molecule has 1 aliphatic rings. The number of ether oxygens (including phenoxy) is 1. The summed E-state index contributed by atoms with van der Waals surface area (Å²) in [6, 6.07) is 19.4. The quantitative estimate of drug-likeness (QED) is 0.538. The van der Waals surface area contributed by atoms with Crippen molar-refractivity contribution in [3.05, 3.63) is 95.1 Å². The molecule has 2 aromatic carbocycles. The smallest absolute Gasteiger partial charge is 0.123 e. The fourth-order valence-corrected chi connectivity index (χ4v) is 4.15. The largest absolute Gasteiger partial charge is 0.497 e. The summed E-state index contributed by atoms with van der Waals surface area (Å²) >= 11 is 0. The van der Waals surface area contributed by atoms with Crippen LogP contribution in [0.1, 0.15) is 41.1 Å². The van der Waals surface area contributed by atoms with E-state index in [9.17, 15) is 4.39 Å². The van der Waals surface area contributed by atoms with Gasteiger partial charge >= 0.3 is 0 Å². The fourth-order valence-electron chi connectivity index (χ4n) is 4.15. The Balaban J connectivity index is 1.24. The third-order valence-electron chi connectivity index (χ3n) is 6.05. The predicted octanol–water partition coefficient (Wildman–Crippen LogP) is 5.24. The molecule has 0 aliphatic carbocycles. The number of aromatic nitrogens is 1. The zero-order valence-corrected chi connectivity index (χ0v) is 17.6. The second-order valence-corrected chi connectivity index (χ2v) is 8.11. The molecule has 0 N–H and O–H groups in total. The summed E-state index contributed by atoms with van der Waals surface area (Å²) in [5.74, 6) is 1.26. The van der Waals surface area contributed by atoms with Gasteiger partial charge in [0.1, 0.15) is 11.6 Å². The molecule has 3 nitrogen and oxygen atoms in total. The van der Waals surface area contributed by atoms with Crippen LogP contribution in [-0.2, 0) is 12.8 Å². The van der Waals surface area contributed by atoms with E-state index in [1.54, 1.807) is 7.11 Å². The molecule has 1 fully saturated rings. The summed E-state index contributed by atoms with van der Waals surface area (Å²) in [6.07, 6.45) is 6.16. The van der Waals surface area contributed by atoms with Crippen molar-refractivity contribution in [2.24, 2.45) is 0 Å². The van der Waals surface area contributed by atoms with Crippen LogP contribution in [0.3, 0.4) is 0 Å². The highest BCUT2D eigenvalue weighted by atomic mass is 19.1. The third-order valence-corrected chi connectivity index (χ3v) is 6.05. The molecule has 4 heteroatoms. The number of halogens is 1. The van der Waals surface area contributed by atoms with Crippen LogP contribution in [0.4, 0.5) is 4.39 Å². The molecular weight excluding hydrogens is 375 g/mol. The summed E-state index contributed by atoms with van der Waals surface area (Å²) in [6.45, 7) is 3.35. The van der Waals surface area contributed by atoms with Gasteiger partial charge in [-0.15, -0.1) is 0 Å². The fraction of sp³-hybridized carbons (Fsp3) is 0.346. The minimum atomic E-state index is -0.192. The van der Waals surface area contributed by atoms with E-state index in [0.717, 1.165) is 56.6 Å². The molecule has 3 aromatic rings. The van der Waals surface area contributed by atoms with Crippen LogP contribution < -0.4 is 4.74 Å². The molecule has 1 saturated heterocycles. The van der Waals surface area contributed by atoms with Crippen molar-refractivity contribution in [1.29, 1.82) is 0 Å². The normalized spacial score (nSPS) is 15.3.